The number of hydrogen-bond acceptors (Lipinski definition) is 6. The summed E-state index contributed by atoms with van der Waals surface area (Å²) in [6.07, 6.45) is 18.8. The predicted octanol–water partition coefficient (Wildman–Crippen LogP) is 6.63. The minimum Gasteiger partial charge on any atom is -0.504 e. The van der Waals surface area contributed by atoms with Crippen LogP contribution < -0.4 is 16.2 Å². The topological polar surface area (TPSA) is 137 Å². The Morgan fingerprint density at radius 3 is 2.48 bits per heavy atom. The average Bonchev–Trinajstić information content (AvgIpc) is 3.73. The van der Waals surface area contributed by atoms with Crippen molar-refractivity contribution in [2.45, 2.75) is 134 Å². The van der Waals surface area contributed by atoms with Crippen molar-refractivity contribution < 1.29 is 24.2 Å². The molecule has 1 aromatic rings. The van der Waals surface area contributed by atoms with Crippen LogP contribution in [-0.4, -0.2) is 48.5 Å². The van der Waals surface area contributed by atoms with Crippen LogP contribution in [0.15, 0.2) is 23.2 Å². The zero-order chi connectivity index (χ0) is 32.9. The van der Waals surface area contributed by atoms with Crippen molar-refractivity contribution in [3.8, 4) is 23.3 Å². The van der Waals surface area contributed by atoms with E-state index in [1.165, 1.54) is 25.7 Å². The quantitative estimate of drug-likeness (QED) is 0.0853. The lowest BCUT2D eigenvalue weighted by molar-refractivity contribution is -0.117. The Hall–Kier alpha value is -3.31. The maximum absolute atomic E-state index is 13.1. The van der Waals surface area contributed by atoms with Gasteiger partial charge in [-0.05, 0) is 107 Å². The Labute approximate surface area is 275 Å². The number of hydrogen-bond donors (Lipinski definition) is 3. The number of methoxy groups -OCH3 is 1. The number of benzene rings is 1. The molecule has 4 rings (SSSR count). The van der Waals surface area contributed by atoms with Crippen LogP contribution in [0.3, 0.4) is 0 Å². The molecule has 2 saturated carbocycles. The minimum atomic E-state index is -0.219. The first-order chi connectivity index (χ1) is 22.2. The van der Waals surface area contributed by atoms with Crippen LogP contribution in [0.2, 0.25) is 0 Å². The van der Waals surface area contributed by atoms with Crippen LogP contribution in [0.1, 0.15) is 132 Å². The van der Waals surface area contributed by atoms with Gasteiger partial charge in [-0.1, -0.05) is 43.6 Å². The molecule has 2 fully saturated rings. The fourth-order valence-corrected chi connectivity index (χ4v) is 7.57. The summed E-state index contributed by atoms with van der Waals surface area (Å²) in [5.41, 5.74) is 13.8. The van der Waals surface area contributed by atoms with E-state index in [4.69, 9.17) is 20.9 Å². The summed E-state index contributed by atoms with van der Waals surface area (Å²) in [5, 5.41) is 12.0. The smallest absolute Gasteiger partial charge is 0.186 e. The van der Waals surface area contributed by atoms with Crippen molar-refractivity contribution in [2.75, 3.05) is 13.7 Å². The second kappa shape index (κ2) is 18.1. The van der Waals surface area contributed by atoms with E-state index >= 15 is 0 Å². The van der Waals surface area contributed by atoms with Crippen LogP contribution >= 0.6 is 0 Å². The van der Waals surface area contributed by atoms with Crippen LogP contribution in [0.5, 0.6) is 11.5 Å². The molecule has 3 atom stereocenters. The molecule has 252 valence electrons. The largest absolute Gasteiger partial charge is 0.504 e. The number of rotatable bonds is 15. The van der Waals surface area contributed by atoms with Crippen LogP contribution in [0, 0.1) is 23.7 Å². The Morgan fingerprint density at radius 1 is 1.04 bits per heavy atom. The van der Waals surface area contributed by atoms with Gasteiger partial charge in [0.1, 0.15) is 5.78 Å². The first kappa shape index (κ1) is 35.5. The number of aliphatic imine (C=N–C) groups is 1. The zero-order valence-corrected chi connectivity index (χ0v) is 28.0. The van der Waals surface area contributed by atoms with E-state index in [2.05, 4.69) is 16.8 Å². The molecular weight excluding hydrogens is 578 g/mol. The van der Waals surface area contributed by atoms with Crippen molar-refractivity contribution in [3.05, 3.63) is 34.9 Å². The van der Waals surface area contributed by atoms with Crippen molar-refractivity contribution in [1.29, 1.82) is 0 Å². The number of Topliss-reactive ketones (excluding diaryl/α,β-unsaturated/α-hetero) is 1. The molecule has 0 aliphatic heterocycles. The van der Waals surface area contributed by atoms with Crippen LogP contribution in [0.4, 0.5) is 0 Å². The summed E-state index contributed by atoms with van der Waals surface area (Å²) >= 11 is 0. The van der Waals surface area contributed by atoms with Crippen molar-refractivity contribution in [2.24, 2.45) is 28.3 Å². The lowest BCUT2D eigenvalue weighted by atomic mass is 9.75. The SMILES string of the molecule is COC[C@H]1CC[C@H](N=C(N)N)CC#Cc2c(CCC(=O)/C=C/CCC3CCCC3)cc(OC3CCCC3)c(O)c2[C@@H]1CCC(C)=O. The maximum Gasteiger partial charge on any atom is 0.186 e. The number of carbonyl (C=O) groups excluding carboxylic acids is 2. The molecule has 0 unspecified atom stereocenters. The Morgan fingerprint density at radius 2 is 1.78 bits per heavy atom. The summed E-state index contributed by atoms with van der Waals surface area (Å²) in [6, 6.07) is 1.72. The summed E-state index contributed by atoms with van der Waals surface area (Å²) in [5.74, 6) is 7.97. The standard InChI is InChI=1S/C38H55N3O5/c1-26(42)18-23-34-29(25-45-2)19-21-30(41-38(39)40)13-9-17-33-28(20-22-31(43)14-6-5-12-27-10-3-4-11-27)24-35(37(44)36(33)34)46-32-15-7-8-16-32/h6,14,24,27,29-30,32,34,44H,3-5,7-8,10-13,15-16,18-23,25H2,1-2H3,(H4,39,40,41)/b14-6+/t29-,30-,34-/m1/s1. The molecule has 5 N–H and O–H groups in total. The van der Waals surface area contributed by atoms with Gasteiger partial charge in [-0.15, -0.1) is 0 Å². The summed E-state index contributed by atoms with van der Waals surface area (Å²) in [7, 11) is 1.67. The summed E-state index contributed by atoms with van der Waals surface area (Å²) in [6.45, 7) is 2.04. The highest BCUT2D eigenvalue weighted by Crippen LogP contribution is 2.46. The fraction of sp³-hybridized carbons (Fsp3) is 0.658. The van der Waals surface area contributed by atoms with E-state index in [1.807, 2.05) is 12.1 Å². The average molecular weight is 634 g/mol. The first-order valence-electron chi connectivity index (χ1n) is 17.6. The number of aromatic hydroxyl groups is 1. The van der Waals surface area contributed by atoms with Crippen molar-refractivity contribution in [1.82, 2.24) is 0 Å². The Balaban J connectivity index is 1.73. The molecule has 0 amide bonds. The van der Waals surface area contributed by atoms with E-state index in [9.17, 15) is 14.7 Å². The van der Waals surface area contributed by atoms with Gasteiger partial charge < -0.3 is 30.8 Å². The van der Waals surface area contributed by atoms with Crippen LogP contribution in [-0.2, 0) is 20.7 Å². The molecular formula is C38H55N3O5. The number of nitrogens with zero attached hydrogens (tertiary/aromatic N) is 1. The Kier molecular flexibility index (Phi) is 14.0. The summed E-state index contributed by atoms with van der Waals surface area (Å²) < 4.78 is 12.2. The first-order valence-corrected chi connectivity index (χ1v) is 17.6. The lowest BCUT2D eigenvalue weighted by Gasteiger charge is -2.31. The third-order valence-electron chi connectivity index (χ3n) is 10.0. The van der Waals surface area contributed by atoms with Crippen molar-refractivity contribution in [3.63, 3.8) is 0 Å². The third kappa shape index (κ3) is 10.6. The van der Waals surface area contributed by atoms with Gasteiger partial charge in [0.2, 0.25) is 0 Å². The molecule has 46 heavy (non-hydrogen) atoms. The van der Waals surface area contributed by atoms with Gasteiger partial charge >= 0.3 is 0 Å². The molecule has 3 aliphatic rings. The number of fused-ring (bicyclic) bond motifs is 1. The van der Waals surface area contributed by atoms with Gasteiger partial charge in [0.15, 0.2) is 23.2 Å². The van der Waals surface area contributed by atoms with Gasteiger partial charge in [-0.3, -0.25) is 4.79 Å². The highest BCUT2D eigenvalue weighted by Gasteiger charge is 2.33. The number of carbonyl (C=O) groups is 2. The predicted molar refractivity (Wildman–Crippen MR) is 183 cm³/mol. The van der Waals surface area contributed by atoms with E-state index in [-0.39, 0.29) is 47.3 Å². The highest BCUT2D eigenvalue weighted by molar-refractivity contribution is 5.89. The molecule has 0 bridgehead atoms. The molecule has 8 nitrogen and oxygen atoms in total. The highest BCUT2D eigenvalue weighted by atomic mass is 16.5. The van der Waals surface area contributed by atoms with Crippen LogP contribution in [0.25, 0.3) is 0 Å². The normalized spacial score (nSPS) is 22.3. The van der Waals surface area contributed by atoms with Gasteiger partial charge in [0.05, 0.1) is 12.1 Å². The number of ether oxygens (including phenoxy) is 2. The van der Waals surface area contributed by atoms with Gasteiger partial charge in [0, 0.05) is 44.1 Å². The number of phenols is 1. The summed E-state index contributed by atoms with van der Waals surface area (Å²) in [4.78, 5) is 29.8. The monoisotopic (exact) mass is 633 g/mol. The van der Waals surface area contributed by atoms with E-state index in [0.717, 1.165) is 56.4 Å². The number of ketones is 2. The van der Waals surface area contributed by atoms with E-state index in [1.54, 1.807) is 20.1 Å². The number of phenolic OH excluding ortho intramolecular Hbond substituents is 1. The molecule has 0 heterocycles. The zero-order valence-electron chi connectivity index (χ0n) is 28.0. The van der Waals surface area contributed by atoms with Gasteiger partial charge in [-0.25, -0.2) is 4.99 Å². The number of guanidine groups is 1. The fourth-order valence-electron chi connectivity index (χ4n) is 7.57. The van der Waals surface area contributed by atoms with Crippen molar-refractivity contribution >= 4 is 17.5 Å². The number of nitrogens with two attached hydrogens (primary N) is 2. The molecule has 0 aromatic heterocycles. The molecule has 0 saturated heterocycles. The Bertz CT molecular complexity index is 1290. The molecule has 0 spiro atoms. The number of aryl methyl sites for hydroxylation is 1. The number of allylic oxidation sites excluding steroid dienone is 2. The molecule has 3 aliphatic carbocycles. The van der Waals surface area contributed by atoms with E-state index in [0.29, 0.717) is 62.0 Å². The van der Waals surface area contributed by atoms with Gasteiger partial charge in [0.25, 0.3) is 0 Å². The third-order valence-corrected chi connectivity index (χ3v) is 10.0. The lowest BCUT2D eigenvalue weighted by Crippen LogP contribution is -2.27. The second-order valence-corrected chi connectivity index (χ2v) is 13.6. The van der Waals surface area contributed by atoms with E-state index < -0.39 is 0 Å². The molecule has 0 radical (unpaired) electrons. The second-order valence-electron chi connectivity index (χ2n) is 13.6. The molecule has 1 aromatic carbocycles. The molecule has 8 heteroatoms. The van der Waals surface area contributed by atoms with Gasteiger partial charge in [-0.2, -0.15) is 0 Å². The maximum atomic E-state index is 13.1. The minimum absolute atomic E-state index is 0.0235.